The van der Waals surface area contributed by atoms with Crippen LogP contribution in [-0.4, -0.2) is 14.1 Å². The average molecular weight is 668 g/mol. The number of pyridine rings is 1. The summed E-state index contributed by atoms with van der Waals surface area (Å²) in [7, 11) is 0. The van der Waals surface area contributed by atoms with Crippen molar-refractivity contribution in [3.8, 4) is 33.6 Å². The summed E-state index contributed by atoms with van der Waals surface area (Å²) in [6.45, 7) is 0. The van der Waals surface area contributed by atoms with Crippen LogP contribution in [0.1, 0.15) is 0 Å². The quantitative estimate of drug-likeness (QED) is 0.183. The van der Waals surface area contributed by atoms with E-state index in [1.807, 2.05) is 17.5 Å². The molecule has 0 aliphatic heterocycles. The van der Waals surface area contributed by atoms with Gasteiger partial charge in [-0.25, -0.2) is 0 Å². The number of rotatable bonds is 4. The van der Waals surface area contributed by atoms with Crippen LogP contribution in [0.5, 0.6) is 0 Å². The largest absolute Gasteiger partial charge is 0.309 e. The van der Waals surface area contributed by atoms with E-state index in [1.54, 1.807) is 0 Å². The standard InChI is InChI=1S/C47H29N3S/c1-3-12-30(13-4-1)32-26-33(31-14-5-2-6-15-31)28-35(27-32)49-40-18-9-7-16-36(40)39-29-34(21-23-41(39)49)50-42-19-11-25-48-46(42)38-22-24-44-45(47(38)50)37-17-8-10-20-43(37)51-44/h1-29H. The van der Waals surface area contributed by atoms with Gasteiger partial charge in [-0.1, -0.05) is 97.1 Å². The Hall–Kier alpha value is -6.49. The van der Waals surface area contributed by atoms with Gasteiger partial charge in [0.25, 0.3) is 0 Å². The van der Waals surface area contributed by atoms with Crippen molar-refractivity contribution in [3.05, 3.63) is 176 Å². The first-order chi connectivity index (χ1) is 25.3. The van der Waals surface area contributed by atoms with E-state index in [-0.39, 0.29) is 0 Å². The molecule has 0 bridgehead atoms. The first-order valence-corrected chi connectivity index (χ1v) is 18.1. The van der Waals surface area contributed by atoms with E-state index < -0.39 is 0 Å². The highest BCUT2D eigenvalue weighted by Crippen LogP contribution is 2.43. The Morgan fingerprint density at radius 3 is 1.84 bits per heavy atom. The molecule has 0 unspecified atom stereocenters. The molecule has 4 heteroatoms. The second-order valence-electron chi connectivity index (χ2n) is 13.2. The summed E-state index contributed by atoms with van der Waals surface area (Å²) in [5.74, 6) is 0. The second kappa shape index (κ2) is 11.0. The Morgan fingerprint density at radius 2 is 1.06 bits per heavy atom. The van der Waals surface area contributed by atoms with E-state index in [1.165, 1.54) is 75.1 Å². The fraction of sp³-hybridized carbons (Fsp3) is 0. The van der Waals surface area contributed by atoms with Gasteiger partial charge in [0.15, 0.2) is 0 Å². The molecule has 3 nitrogen and oxygen atoms in total. The highest BCUT2D eigenvalue weighted by molar-refractivity contribution is 7.26. The van der Waals surface area contributed by atoms with Gasteiger partial charge in [0, 0.05) is 53.9 Å². The van der Waals surface area contributed by atoms with E-state index in [0.29, 0.717) is 0 Å². The van der Waals surface area contributed by atoms with Crippen molar-refractivity contribution in [2.24, 2.45) is 0 Å². The maximum Gasteiger partial charge on any atom is 0.0963 e. The molecule has 0 atom stereocenters. The number of nitrogens with zero attached hydrogens (tertiary/aromatic N) is 3. The number of para-hydroxylation sites is 1. The van der Waals surface area contributed by atoms with Crippen molar-refractivity contribution in [1.29, 1.82) is 0 Å². The average Bonchev–Trinajstić information content (AvgIpc) is 3.86. The number of hydrogen-bond acceptors (Lipinski definition) is 2. The molecule has 0 radical (unpaired) electrons. The number of aromatic nitrogens is 3. The SMILES string of the molecule is c1ccc(-c2cc(-c3ccccc3)cc(-n3c4ccccc4c4cc(-n5c6cccnc6c6ccc7sc8ccccc8c7c65)ccc43)c2)cc1. The van der Waals surface area contributed by atoms with E-state index in [9.17, 15) is 0 Å². The van der Waals surface area contributed by atoms with Gasteiger partial charge in [-0.2, -0.15) is 0 Å². The topological polar surface area (TPSA) is 22.8 Å². The van der Waals surface area contributed by atoms with Crippen molar-refractivity contribution in [2.75, 3.05) is 0 Å². The lowest BCUT2D eigenvalue weighted by atomic mass is 9.98. The lowest BCUT2D eigenvalue weighted by Gasteiger charge is -2.14. The zero-order valence-corrected chi connectivity index (χ0v) is 28.3. The molecule has 11 aromatic rings. The highest BCUT2D eigenvalue weighted by atomic mass is 32.1. The molecule has 0 saturated heterocycles. The van der Waals surface area contributed by atoms with Crippen molar-refractivity contribution in [3.63, 3.8) is 0 Å². The zero-order chi connectivity index (χ0) is 33.5. The van der Waals surface area contributed by atoms with Crippen LogP contribution in [0.3, 0.4) is 0 Å². The number of thiophene rings is 1. The first-order valence-electron chi connectivity index (χ1n) is 17.3. The van der Waals surface area contributed by atoms with Gasteiger partial charge in [-0.3, -0.25) is 4.98 Å². The third kappa shape index (κ3) is 4.27. The number of fused-ring (bicyclic) bond motifs is 10. The molecule has 0 N–H and O–H groups in total. The Labute approximate surface area is 297 Å². The van der Waals surface area contributed by atoms with Gasteiger partial charge in [0.2, 0.25) is 0 Å². The molecule has 4 aromatic heterocycles. The van der Waals surface area contributed by atoms with Gasteiger partial charge in [0.1, 0.15) is 0 Å². The van der Waals surface area contributed by atoms with Gasteiger partial charge in [-0.05, 0) is 95.1 Å². The lowest BCUT2D eigenvalue weighted by Crippen LogP contribution is -1.97. The molecule has 0 amide bonds. The summed E-state index contributed by atoms with van der Waals surface area (Å²) in [5, 5.41) is 6.20. The minimum Gasteiger partial charge on any atom is -0.309 e. The minimum atomic E-state index is 1.03. The molecular formula is C47H29N3S. The monoisotopic (exact) mass is 667 g/mol. The first kappa shape index (κ1) is 28.4. The number of benzene rings is 7. The summed E-state index contributed by atoms with van der Waals surface area (Å²) in [6.07, 6.45) is 1.91. The van der Waals surface area contributed by atoms with Crippen LogP contribution in [0, 0.1) is 0 Å². The lowest BCUT2D eigenvalue weighted by molar-refractivity contribution is 1.17. The molecule has 0 fully saturated rings. The van der Waals surface area contributed by atoms with Crippen molar-refractivity contribution < 1.29 is 0 Å². The molecule has 0 saturated carbocycles. The smallest absolute Gasteiger partial charge is 0.0963 e. The predicted octanol–water partition coefficient (Wildman–Crippen LogP) is 13.0. The van der Waals surface area contributed by atoms with Crippen LogP contribution in [0.15, 0.2) is 176 Å². The van der Waals surface area contributed by atoms with E-state index in [0.717, 1.165) is 22.4 Å². The fourth-order valence-corrected chi connectivity index (χ4v) is 9.22. The zero-order valence-electron chi connectivity index (χ0n) is 27.5. The van der Waals surface area contributed by atoms with E-state index >= 15 is 0 Å². The van der Waals surface area contributed by atoms with Crippen molar-refractivity contribution >= 4 is 75.3 Å². The Bertz CT molecular complexity index is 3070. The van der Waals surface area contributed by atoms with Gasteiger partial charge in [0.05, 0.1) is 27.6 Å². The van der Waals surface area contributed by atoms with E-state index in [4.69, 9.17) is 4.98 Å². The van der Waals surface area contributed by atoms with Crippen molar-refractivity contribution in [2.45, 2.75) is 0 Å². The van der Waals surface area contributed by atoms with Crippen LogP contribution < -0.4 is 0 Å². The third-order valence-corrected chi connectivity index (χ3v) is 11.5. The molecule has 238 valence electrons. The van der Waals surface area contributed by atoms with Gasteiger partial charge < -0.3 is 9.13 Å². The molecule has 4 heterocycles. The Balaban J connectivity index is 1.21. The summed E-state index contributed by atoms with van der Waals surface area (Å²) in [5.41, 5.74) is 12.8. The molecule has 7 aromatic carbocycles. The summed E-state index contributed by atoms with van der Waals surface area (Å²) in [6, 6.07) is 61.7. The summed E-state index contributed by atoms with van der Waals surface area (Å²) in [4.78, 5) is 4.93. The van der Waals surface area contributed by atoms with Crippen LogP contribution in [0.2, 0.25) is 0 Å². The third-order valence-electron chi connectivity index (χ3n) is 10.3. The predicted molar refractivity (Wildman–Crippen MR) is 217 cm³/mol. The molecule has 0 spiro atoms. The molecule has 11 rings (SSSR count). The van der Waals surface area contributed by atoms with Crippen LogP contribution in [-0.2, 0) is 0 Å². The van der Waals surface area contributed by atoms with Crippen LogP contribution in [0.25, 0.3) is 97.5 Å². The summed E-state index contributed by atoms with van der Waals surface area (Å²) >= 11 is 1.86. The molecule has 0 aliphatic rings. The maximum atomic E-state index is 4.93. The highest BCUT2D eigenvalue weighted by Gasteiger charge is 2.21. The fourth-order valence-electron chi connectivity index (χ4n) is 8.11. The van der Waals surface area contributed by atoms with Gasteiger partial charge in [-0.15, -0.1) is 11.3 Å². The van der Waals surface area contributed by atoms with Gasteiger partial charge >= 0.3 is 0 Å². The summed E-state index contributed by atoms with van der Waals surface area (Å²) < 4.78 is 7.47. The minimum absolute atomic E-state index is 1.03. The van der Waals surface area contributed by atoms with Crippen LogP contribution in [0.4, 0.5) is 0 Å². The Morgan fingerprint density at radius 1 is 0.392 bits per heavy atom. The Kier molecular flexibility index (Phi) is 6.12. The molecule has 51 heavy (non-hydrogen) atoms. The van der Waals surface area contributed by atoms with Crippen molar-refractivity contribution in [1.82, 2.24) is 14.1 Å². The normalized spacial score (nSPS) is 11.9. The molecular weight excluding hydrogens is 639 g/mol. The second-order valence-corrected chi connectivity index (χ2v) is 14.3. The molecule has 0 aliphatic carbocycles. The van der Waals surface area contributed by atoms with E-state index in [2.05, 4.69) is 179 Å². The maximum absolute atomic E-state index is 4.93. The number of hydrogen-bond donors (Lipinski definition) is 0. The van der Waals surface area contributed by atoms with Crippen LogP contribution >= 0.6 is 11.3 Å².